The van der Waals surface area contributed by atoms with Crippen LogP contribution in [0.15, 0.2) is 40.8 Å². The number of hydrogen-bond donors (Lipinski definition) is 7. The Bertz CT molecular complexity index is 1160. The van der Waals surface area contributed by atoms with Crippen molar-refractivity contribution < 1.29 is 54.4 Å². The normalized spacial score (nSPS) is 25.2. The maximum Gasteiger partial charge on any atom is 0.402 e. The summed E-state index contributed by atoms with van der Waals surface area (Å²) in [5.41, 5.74) is 0.449. The lowest BCUT2D eigenvalue weighted by atomic mass is 9.99. The zero-order chi connectivity index (χ0) is 23.9. The molecule has 0 radical (unpaired) electrons. The minimum atomic E-state index is -1.69. The lowest BCUT2D eigenvalue weighted by molar-refractivity contribution is -0.277. The third-order valence-electron chi connectivity index (χ3n) is 5.35. The van der Waals surface area contributed by atoms with Gasteiger partial charge < -0.3 is 50.0 Å². The SMILES string of the molecule is COc1cc(-c2[o+]c3cc(O)cc(O)c3cc2O[C@@H]2O[C@@H](CO)[C@@H](O)[C@@H](O)[C@@H]2O)ccc1O. The van der Waals surface area contributed by atoms with Gasteiger partial charge in [-0.1, -0.05) is 0 Å². The Morgan fingerprint density at radius 3 is 2.36 bits per heavy atom. The van der Waals surface area contributed by atoms with Gasteiger partial charge in [0.05, 0.1) is 25.3 Å². The number of benzene rings is 2. The molecule has 0 amide bonds. The molecule has 0 unspecified atom stereocenters. The Hall–Kier alpha value is -3.35. The molecule has 11 nitrogen and oxygen atoms in total. The molecule has 11 heteroatoms. The first kappa shape index (κ1) is 22.8. The van der Waals surface area contributed by atoms with E-state index in [4.69, 9.17) is 18.6 Å². The van der Waals surface area contributed by atoms with Gasteiger partial charge in [0, 0.05) is 18.2 Å². The van der Waals surface area contributed by atoms with Gasteiger partial charge in [-0.2, -0.15) is 0 Å². The van der Waals surface area contributed by atoms with E-state index < -0.39 is 37.3 Å². The van der Waals surface area contributed by atoms with Crippen molar-refractivity contribution in [2.75, 3.05) is 13.7 Å². The van der Waals surface area contributed by atoms with Gasteiger partial charge in [0.2, 0.25) is 12.0 Å². The number of rotatable bonds is 5. The van der Waals surface area contributed by atoms with Crippen molar-refractivity contribution in [1.29, 1.82) is 0 Å². The van der Waals surface area contributed by atoms with Crippen LogP contribution in [0.2, 0.25) is 0 Å². The molecule has 0 bridgehead atoms. The number of phenolic OH excluding ortho intramolecular Hbond substituents is 3. The molecule has 0 aliphatic carbocycles. The summed E-state index contributed by atoms with van der Waals surface area (Å²) < 4.78 is 22.2. The minimum absolute atomic E-state index is 0.0442. The molecule has 5 atom stereocenters. The van der Waals surface area contributed by atoms with Crippen molar-refractivity contribution in [3.8, 4) is 40.1 Å². The van der Waals surface area contributed by atoms with Gasteiger partial charge in [-0.3, -0.25) is 0 Å². The molecule has 1 fully saturated rings. The summed E-state index contributed by atoms with van der Waals surface area (Å²) in [6.07, 6.45) is -7.65. The first-order chi connectivity index (χ1) is 15.7. The molecule has 7 N–H and O–H groups in total. The molecule has 0 spiro atoms. The van der Waals surface area contributed by atoms with E-state index in [2.05, 4.69) is 0 Å². The molecule has 33 heavy (non-hydrogen) atoms. The van der Waals surface area contributed by atoms with Crippen LogP contribution in [-0.4, -0.2) is 80.2 Å². The summed E-state index contributed by atoms with van der Waals surface area (Å²) >= 11 is 0. The van der Waals surface area contributed by atoms with Gasteiger partial charge in [-0.15, -0.1) is 0 Å². The van der Waals surface area contributed by atoms with Crippen molar-refractivity contribution in [3.63, 3.8) is 0 Å². The van der Waals surface area contributed by atoms with Crippen LogP contribution in [0.4, 0.5) is 0 Å². The van der Waals surface area contributed by atoms with E-state index in [-0.39, 0.29) is 45.5 Å². The van der Waals surface area contributed by atoms with E-state index in [9.17, 15) is 35.7 Å². The fourth-order valence-corrected chi connectivity index (χ4v) is 3.58. The fraction of sp³-hybridized carbons (Fsp3) is 0.318. The number of phenols is 3. The molecule has 176 valence electrons. The highest BCUT2D eigenvalue weighted by Gasteiger charge is 2.45. The van der Waals surface area contributed by atoms with Crippen LogP contribution in [0, 0.1) is 0 Å². The molecule has 2 heterocycles. The summed E-state index contributed by atoms with van der Waals surface area (Å²) in [6.45, 7) is -0.644. The molecule has 2 aromatic carbocycles. The van der Waals surface area contributed by atoms with Gasteiger partial charge in [-0.25, -0.2) is 4.42 Å². The van der Waals surface area contributed by atoms with Crippen LogP contribution in [-0.2, 0) is 4.74 Å². The van der Waals surface area contributed by atoms with Gasteiger partial charge in [-0.05, 0) is 12.1 Å². The van der Waals surface area contributed by atoms with E-state index >= 15 is 0 Å². The van der Waals surface area contributed by atoms with Gasteiger partial charge in [0.15, 0.2) is 11.5 Å². The number of aliphatic hydroxyl groups excluding tert-OH is 4. The number of aliphatic hydroxyl groups is 4. The lowest BCUT2D eigenvalue weighted by Gasteiger charge is -2.39. The molecule has 3 aromatic rings. The first-order valence-electron chi connectivity index (χ1n) is 9.91. The van der Waals surface area contributed by atoms with E-state index in [1.54, 1.807) is 0 Å². The molecule has 1 aliphatic rings. The van der Waals surface area contributed by atoms with Crippen LogP contribution in [0.1, 0.15) is 0 Å². The topological polar surface area (TPSA) is 181 Å². The molecule has 1 saturated heterocycles. The molecule has 1 aromatic heterocycles. The molecular weight excluding hydrogens is 440 g/mol. The second-order valence-electron chi connectivity index (χ2n) is 7.52. The standard InChI is InChI=1S/C22H22O11/c1-30-15-4-9(2-3-12(15)25)21-16(7-11-13(26)5-10(24)6-14(11)31-21)32-22-20(29)19(28)18(27)17(8-23)33-22/h2-7,17-20,22-23,27-29H,8H2,1H3,(H2-,24,25,26)/p+1/t17-,18+,19+,20-,22+/m0/s1. The highest BCUT2D eigenvalue weighted by Crippen LogP contribution is 2.42. The van der Waals surface area contributed by atoms with Gasteiger partial charge in [0.1, 0.15) is 41.3 Å². The summed E-state index contributed by atoms with van der Waals surface area (Å²) in [4.78, 5) is 0. The molecule has 1 aliphatic heterocycles. The Morgan fingerprint density at radius 1 is 0.909 bits per heavy atom. The van der Waals surface area contributed by atoms with E-state index in [1.807, 2.05) is 0 Å². The predicted molar refractivity (Wildman–Crippen MR) is 112 cm³/mol. The number of fused-ring (bicyclic) bond motifs is 1. The van der Waals surface area contributed by atoms with Crippen LogP contribution < -0.4 is 9.47 Å². The first-order valence-corrected chi connectivity index (χ1v) is 9.91. The van der Waals surface area contributed by atoms with Gasteiger partial charge >= 0.3 is 11.3 Å². The van der Waals surface area contributed by atoms with Crippen LogP contribution >= 0.6 is 0 Å². The number of ether oxygens (including phenoxy) is 3. The Labute approximate surface area is 186 Å². The average molecular weight is 463 g/mol. The second-order valence-corrected chi connectivity index (χ2v) is 7.52. The smallest absolute Gasteiger partial charge is 0.402 e. The van der Waals surface area contributed by atoms with Crippen LogP contribution in [0.3, 0.4) is 0 Å². The second kappa shape index (κ2) is 8.89. The fourth-order valence-electron chi connectivity index (χ4n) is 3.58. The largest absolute Gasteiger partial charge is 0.507 e. The Morgan fingerprint density at radius 2 is 1.67 bits per heavy atom. The third-order valence-corrected chi connectivity index (χ3v) is 5.35. The maximum absolute atomic E-state index is 10.4. The van der Waals surface area contributed by atoms with Gasteiger partial charge in [0.25, 0.3) is 0 Å². The van der Waals surface area contributed by atoms with Crippen molar-refractivity contribution in [2.24, 2.45) is 0 Å². The molecule has 4 rings (SSSR count). The molecule has 0 saturated carbocycles. The van der Waals surface area contributed by atoms with Crippen LogP contribution in [0.25, 0.3) is 22.3 Å². The lowest BCUT2D eigenvalue weighted by Crippen LogP contribution is -2.60. The maximum atomic E-state index is 10.4. The molecular formula is C22H23O11+. The van der Waals surface area contributed by atoms with E-state index in [0.29, 0.717) is 5.56 Å². The number of methoxy groups -OCH3 is 1. The van der Waals surface area contributed by atoms with Crippen molar-refractivity contribution in [2.45, 2.75) is 30.7 Å². The predicted octanol–water partition coefficient (Wildman–Crippen LogP) is 0.685. The van der Waals surface area contributed by atoms with Crippen LogP contribution in [0.5, 0.6) is 28.7 Å². The zero-order valence-electron chi connectivity index (χ0n) is 17.3. The van der Waals surface area contributed by atoms with E-state index in [1.165, 1.54) is 37.4 Å². The minimum Gasteiger partial charge on any atom is -0.507 e. The summed E-state index contributed by atoms with van der Waals surface area (Å²) in [5.74, 6) is -0.583. The van der Waals surface area contributed by atoms with Crippen molar-refractivity contribution in [1.82, 2.24) is 0 Å². The Balaban J connectivity index is 1.84. The Kier molecular flexibility index (Phi) is 6.15. The summed E-state index contributed by atoms with van der Waals surface area (Å²) in [7, 11) is 1.36. The average Bonchev–Trinajstić information content (AvgIpc) is 2.79. The monoisotopic (exact) mass is 463 g/mol. The van der Waals surface area contributed by atoms with E-state index in [0.717, 1.165) is 6.07 Å². The summed E-state index contributed by atoms with van der Waals surface area (Å²) in [5, 5.41) is 70.0. The van der Waals surface area contributed by atoms with Crippen molar-refractivity contribution in [3.05, 3.63) is 36.4 Å². The quantitative estimate of drug-likeness (QED) is 0.264. The van der Waals surface area contributed by atoms with Crippen molar-refractivity contribution >= 4 is 11.0 Å². The highest BCUT2D eigenvalue weighted by atomic mass is 16.7. The summed E-state index contributed by atoms with van der Waals surface area (Å²) in [6, 6.07) is 8.02. The number of hydrogen-bond acceptors (Lipinski definition) is 10. The zero-order valence-corrected chi connectivity index (χ0v) is 17.3. The number of aromatic hydroxyl groups is 3. The third kappa shape index (κ3) is 4.19. The highest BCUT2D eigenvalue weighted by molar-refractivity contribution is 5.88.